The third kappa shape index (κ3) is 4.80. The summed E-state index contributed by atoms with van der Waals surface area (Å²) in [5.74, 6) is -1.75. The number of halogens is 2. The van der Waals surface area contributed by atoms with Crippen molar-refractivity contribution in [1.29, 1.82) is 0 Å². The maximum atomic E-state index is 13.4. The van der Waals surface area contributed by atoms with Gasteiger partial charge in [-0.25, -0.2) is 13.8 Å². The topological polar surface area (TPSA) is 46.9 Å². The van der Waals surface area contributed by atoms with E-state index in [1.165, 1.54) is 6.07 Å². The highest BCUT2D eigenvalue weighted by molar-refractivity contribution is 5.91. The van der Waals surface area contributed by atoms with Crippen molar-refractivity contribution in [3.63, 3.8) is 0 Å². The number of hydrogen-bond acceptors (Lipinski definition) is 2. The molecule has 0 unspecified atom stereocenters. The number of aryl methyl sites for hydroxylation is 1. The van der Waals surface area contributed by atoms with Gasteiger partial charge in [-0.1, -0.05) is 6.07 Å². The Morgan fingerprint density at radius 2 is 2.05 bits per heavy atom. The summed E-state index contributed by atoms with van der Waals surface area (Å²) in [4.78, 5) is 15.5. The number of carbonyl (C=O) groups excluding carboxylic acids is 1. The van der Waals surface area contributed by atoms with Crippen LogP contribution in [-0.4, -0.2) is 22.0 Å². The third-order valence-corrected chi connectivity index (χ3v) is 3.10. The van der Waals surface area contributed by atoms with Gasteiger partial charge in [-0.15, -0.1) is 0 Å². The molecule has 0 aliphatic heterocycles. The van der Waals surface area contributed by atoms with E-state index < -0.39 is 11.6 Å². The van der Waals surface area contributed by atoms with Crippen LogP contribution in [0.4, 0.5) is 8.78 Å². The minimum absolute atomic E-state index is 0.210. The monoisotopic (exact) mass is 305 g/mol. The second-order valence-electron chi connectivity index (χ2n) is 4.77. The molecule has 1 aromatic carbocycles. The molecule has 6 heteroatoms. The Kier molecular flexibility index (Phi) is 5.82. The molecule has 0 aliphatic rings. The van der Waals surface area contributed by atoms with Gasteiger partial charge < -0.3 is 9.88 Å². The second-order valence-corrected chi connectivity index (χ2v) is 4.77. The van der Waals surface area contributed by atoms with Crippen LogP contribution in [0.15, 0.2) is 43.0 Å². The largest absolute Gasteiger partial charge is 0.353 e. The molecule has 0 radical (unpaired) electrons. The van der Waals surface area contributed by atoms with Crippen LogP contribution in [-0.2, 0) is 11.3 Å². The van der Waals surface area contributed by atoms with E-state index in [-0.39, 0.29) is 11.5 Å². The highest BCUT2D eigenvalue weighted by Crippen LogP contribution is 2.13. The fraction of sp³-hybridized carbons (Fsp3) is 0.250. The first-order chi connectivity index (χ1) is 10.7. The molecule has 0 bridgehead atoms. The molecule has 22 heavy (non-hydrogen) atoms. The fourth-order valence-corrected chi connectivity index (χ4v) is 1.94. The normalized spacial score (nSPS) is 11.0. The van der Waals surface area contributed by atoms with Gasteiger partial charge in [0.05, 0.1) is 6.33 Å². The number of carbonyl (C=O) groups is 1. The number of benzene rings is 1. The maximum absolute atomic E-state index is 13.4. The summed E-state index contributed by atoms with van der Waals surface area (Å²) in [5, 5.41) is 2.68. The zero-order valence-corrected chi connectivity index (χ0v) is 12.0. The van der Waals surface area contributed by atoms with Crippen LogP contribution < -0.4 is 5.32 Å². The molecule has 1 heterocycles. The van der Waals surface area contributed by atoms with Gasteiger partial charge in [0.15, 0.2) is 0 Å². The Balaban J connectivity index is 1.70. The highest BCUT2D eigenvalue weighted by atomic mass is 19.1. The lowest BCUT2D eigenvalue weighted by atomic mass is 10.2. The van der Waals surface area contributed by atoms with Crippen molar-refractivity contribution in [2.24, 2.45) is 0 Å². The molecule has 0 spiro atoms. The summed E-state index contributed by atoms with van der Waals surface area (Å²) in [5.41, 5.74) is -0.210. The first kappa shape index (κ1) is 15.9. The highest BCUT2D eigenvalue weighted by Gasteiger charge is 2.05. The van der Waals surface area contributed by atoms with Crippen molar-refractivity contribution < 1.29 is 13.6 Å². The minimum Gasteiger partial charge on any atom is -0.353 e. The van der Waals surface area contributed by atoms with Crippen molar-refractivity contribution >= 4 is 12.0 Å². The molecule has 116 valence electrons. The van der Waals surface area contributed by atoms with Gasteiger partial charge in [0.1, 0.15) is 11.6 Å². The van der Waals surface area contributed by atoms with E-state index in [2.05, 4.69) is 10.3 Å². The van der Waals surface area contributed by atoms with Crippen LogP contribution in [0, 0.1) is 11.6 Å². The smallest absolute Gasteiger partial charge is 0.244 e. The zero-order chi connectivity index (χ0) is 15.8. The number of imidazole rings is 1. The number of rotatable bonds is 7. The molecule has 0 aliphatic carbocycles. The SMILES string of the molecule is O=C(/C=C/c1c(F)cccc1F)NCCCCn1ccnc1. The molecular formula is C16H17F2N3O. The van der Waals surface area contributed by atoms with E-state index in [4.69, 9.17) is 0 Å². The summed E-state index contributed by atoms with van der Waals surface area (Å²) in [6.45, 7) is 1.35. The average Bonchev–Trinajstić information content (AvgIpc) is 2.99. The van der Waals surface area contributed by atoms with Crippen LogP contribution in [0.1, 0.15) is 18.4 Å². The van der Waals surface area contributed by atoms with E-state index in [1.54, 1.807) is 12.5 Å². The molecule has 0 saturated heterocycles. The Morgan fingerprint density at radius 1 is 1.27 bits per heavy atom. The summed E-state index contributed by atoms with van der Waals surface area (Å²) in [7, 11) is 0. The van der Waals surface area contributed by atoms with Crippen LogP contribution >= 0.6 is 0 Å². The molecule has 2 rings (SSSR count). The van der Waals surface area contributed by atoms with Gasteiger partial charge >= 0.3 is 0 Å². The number of unbranched alkanes of at least 4 members (excludes halogenated alkanes) is 1. The van der Waals surface area contributed by atoms with Gasteiger partial charge in [0, 0.05) is 37.1 Å². The van der Waals surface area contributed by atoms with Crippen molar-refractivity contribution in [1.82, 2.24) is 14.9 Å². The summed E-state index contributed by atoms with van der Waals surface area (Å²) < 4.78 is 28.7. The third-order valence-electron chi connectivity index (χ3n) is 3.10. The Morgan fingerprint density at radius 3 is 2.73 bits per heavy atom. The van der Waals surface area contributed by atoms with Gasteiger partial charge in [-0.2, -0.15) is 0 Å². The minimum atomic E-state index is -0.690. The molecule has 1 N–H and O–H groups in total. The van der Waals surface area contributed by atoms with Crippen molar-refractivity contribution in [2.45, 2.75) is 19.4 Å². The van der Waals surface area contributed by atoms with Crippen molar-refractivity contribution in [3.05, 3.63) is 60.2 Å². The molecule has 4 nitrogen and oxygen atoms in total. The van der Waals surface area contributed by atoms with Gasteiger partial charge in [-0.05, 0) is 31.1 Å². The van der Waals surface area contributed by atoms with E-state index in [1.807, 2.05) is 10.8 Å². The van der Waals surface area contributed by atoms with Gasteiger partial charge in [0.25, 0.3) is 0 Å². The predicted octanol–water partition coefficient (Wildman–Crippen LogP) is 2.77. The maximum Gasteiger partial charge on any atom is 0.244 e. The standard InChI is InChI=1S/C16H17F2N3O/c17-14-4-3-5-15(18)13(14)6-7-16(22)20-8-1-2-10-21-11-9-19-12-21/h3-7,9,11-12H,1-2,8,10H2,(H,20,22)/b7-6+. The fourth-order valence-electron chi connectivity index (χ4n) is 1.94. The predicted molar refractivity (Wildman–Crippen MR) is 79.9 cm³/mol. The number of amides is 1. The van der Waals surface area contributed by atoms with E-state index >= 15 is 0 Å². The van der Waals surface area contributed by atoms with Crippen LogP contribution in [0.25, 0.3) is 6.08 Å². The van der Waals surface area contributed by atoms with Crippen molar-refractivity contribution in [2.75, 3.05) is 6.54 Å². The van der Waals surface area contributed by atoms with Crippen LogP contribution in [0.5, 0.6) is 0 Å². The number of nitrogens with one attached hydrogen (secondary N) is 1. The van der Waals surface area contributed by atoms with E-state index in [0.717, 1.165) is 43.7 Å². The molecular weight excluding hydrogens is 288 g/mol. The first-order valence-corrected chi connectivity index (χ1v) is 7.02. The number of hydrogen-bond donors (Lipinski definition) is 1. The van der Waals surface area contributed by atoms with Crippen LogP contribution in [0.3, 0.4) is 0 Å². The average molecular weight is 305 g/mol. The molecule has 0 fully saturated rings. The molecule has 0 saturated carbocycles. The second kappa shape index (κ2) is 8.07. The summed E-state index contributed by atoms with van der Waals surface area (Å²) in [6.07, 6.45) is 9.33. The number of nitrogens with zero attached hydrogens (tertiary/aromatic N) is 2. The lowest BCUT2D eigenvalue weighted by Gasteiger charge is -2.03. The lowest BCUT2D eigenvalue weighted by Crippen LogP contribution is -2.22. The van der Waals surface area contributed by atoms with E-state index in [9.17, 15) is 13.6 Å². The summed E-state index contributed by atoms with van der Waals surface area (Å²) >= 11 is 0. The zero-order valence-electron chi connectivity index (χ0n) is 12.0. The Hall–Kier alpha value is -2.50. The molecule has 2 aromatic rings. The molecule has 1 amide bonds. The summed E-state index contributed by atoms with van der Waals surface area (Å²) in [6, 6.07) is 3.58. The van der Waals surface area contributed by atoms with Gasteiger partial charge in [0.2, 0.25) is 5.91 Å². The van der Waals surface area contributed by atoms with Crippen LogP contribution in [0.2, 0.25) is 0 Å². The number of aromatic nitrogens is 2. The first-order valence-electron chi connectivity index (χ1n) is 7.02. The lowest BCUT2D eigenvalue weighted by molar-refractivity contribution is -0.116. The van der Waals surface area contributed by atoms with Crippen molar-refractivity contribution in [3.8, 4) is 0 Å². The quantitative estimate of drug-likeness (QED) is 0.631. The van der Waals surface area contributed by atoms with E-state index in [0.29, 0.717) is 6.54 Å². The molecule has 1 aromatic heterocycles. The Bertz CT molecular complexity index is 619. The Labute approximate surface area is 127 Å². The van der Waals surface area contributed by atoms with Gasteiger partial charge in [-0.3, -0.25) is 4.79 Å². The molecule has 0 atom stereocenters.